The van der Waals surface area contributed by atoms with Crippen molar-refractivity contribution in [1.29, 1.82) is 0 Å². The molecule has 0 aliphatic rings. The van der Waals surface area contributed by atoms with Gasteiger partial charge in [-0.1, -0.05) is 6.92 Å². The summed E-state index contributed by atoms with van der Waals surface area (Å²) in [7, 11) is 0. The number of carbonyl (C=O) groups is 1. The highest BCUT2D eigenvalue weighted by Crippen LogP contribution is 2.16. The molecule has 100 valence electrons. The van der Waals surface area contributed by atoms with E-state index in [-0.39, 0.29) is 12.0 Å². The van der Waals surface area contributed by atoms with Gasteiger partial charge in [-0.25, -0.2) is 0 Å². The number of amides is 1. The van der Waals surface area contributed by atoms with Crippen molar-refractivity contribution in [2.24, 2.45) is 0 Å². The lowest BCUT2D eigenvalue weighted by atomic mass is 10.3. The molecular weight excluding hydrogens is 228 g/mol. The smallest absolute Gasteiger partial charge is 0.239 e. The van der Waals surface area contributed by atoms with E-state index in [0.717, 1.165) is 24.4 Å². The van der Waals surface area contributed by atoms with E-state index in [4.69, 9.17) is 4.74 Å². The molecule has 0 heterocycles. The summed E-state index contributed by atoms with van der Waals surface area (Å²) < 4.78 is 5.54. The summed E-state index contributed by atoms with van der Waals surface area (Å²) in [6.45, 7) is 7.03. The van der Waals surface area contributed by atoms with Gasteiger partial charge in [0.25, 0.3) is 0 Å². The van der Waals surface area contributed by atoms with Gasteiger partial charge in [-0.05, 0) is 44.5 Å². The first-order chi connectivity index (χ1) is 8.61. The fourth-order valence-electron chi connectivity index (χ4n) is 1.43. The maximum atomic E-state index is 11.4. The second-order valence-corrected chi connectivity index (χ2v) is 4.39. The predicted molar refractivity (Wildman–Crippen MR) is 74.0 cm³/mol. The van der Waals surface area contributed by atoms with E-state index in [9.17, 15) is 4.79 Å². The molecule has 18 heavy (non-hydrogen) atoms. The van der Waals surface area contributed by atoms with Crippen molar-refractivity contribution in [2.45, 2.75) is 33.3 Å². The van der Waals surface area contributed by atoms with Crippen molar-refractivity contribution in [2.75, 3.05) is 18.4 Å². The highest BCUT2D eigenvalue weighted by Gasteiger charge is 2.01. The lowest BCUT2D eigenvalue weighted by Gasteiger charge is -2.11. The quantitative estimate of drug-likeness (QED) is 0.781. The van der Waals surface area contributed by atoms with E-state index in [0.29, 0.717) is 6.54 Å². The van der Waals surface area contributed by atoms with Crippen LogP contribution in [0.5, 0.6) is 5.75 Å². The van der Waals surface area contributed by atoms with Gasteiger partial charge >= 0.3 is 0 Å². The molecule has 1 rings (SSSR count). The van der Waals surface area contributed by atoms with Crippen LogP contribution >= 0.6 is 0 Å². The number of rotatable bonds is 7. The topological polar surface area (TPSA) is 50.4 Å². The summed E-state index contributed by atoms with van der Waals surface area (Å²) in [4.78, 5) is 11.4. The van der Waals surface area contributed by atoms with E-state index >= 15 is 0 Å². The van der Waals surface area contributed by atoms with Crippen molar-refractivity contribution >= 4 is 11.6 Å². The molecule has 1 amide bonds. The molecule has 0 spiro atoms. The molecular formula is C14H22N2O2. The minimum atomic E-state index is 0.0133. The molecule has 0 fully saturated rings. The minimum Gasteiger partial charge on any atom is -0.491 e. The van der Waals surface area contributed by atoms with Crippen LogP contribution in [0.25, 0.3) is 0 Å². The largest absolute Gasteiger partial charge is 0.491 e. The highest BCUT2D eigenvalue weighted by molar-refractivity contribution is 5.80. The number of benzene rings is 1. The maximum Gasteiger partial charge on any atom is 0.239 e. The summed E-state index contributed by atoms with van der Waals surface area (Å²) in [6, 6.07) is 7.61. The first-order valence-electron chi connectivity index (χ1n) is 6.39. The Morgan fingerprint density at radius 1 is 1.28 bits per heavy atom. The number of anilines is 1. The average Bonchev–Trinajstić information content (AvgIpc) is 2.35. The van der Waals surface area contributed by atoms with Gasteiger partial charge in [-0.3, -0.25) is 4.79 Å². The Morgan fingerprint density at radius 3 is 2.50 bits per heavy atom. The molecule has 0 aromatic heterocycles. The summed E-state index contributed by atoms with van der Waals surface area (Å²) in [5.41, 5.74) is 0.915. The molecule has 0 radical (unpaired) electrons. The molecule has 0 atom stereocenters. The Hall–Kier alpha value is -1.71. The molecule has 1 aromatic rings. The molecule has 1 aromatic carbocycles. The zero-order valence-corrected chi connectivity index (χ0v) is 11.3. The van der Waals surface area contributed by atoms with Gasteiger partial charge in [0.15, 0.2) is 0 Å². The number of nitrogens with one attached hydrogen (secondary N) is 2. The molecule has 2 N–H and O–H groups in total. The standard InChI is InChI=1S/C14H22N2O2/c1-4-9-15-14(17)10-16-12-5-7-13(8-6-12)18-11(2)3/h5-8,11,16H,4,9-10H2,1-3H3,(H,15,17). The van der Waals surface area contributed by atoms with E-state index in [2.05, 4.69) is 10.6 Å². The second-order valence-electron chi connectivity index (χ2n) is 4.39. The van der Waals surface area contributed by atoms with Crippen LogP contribution in [0, 0.1) is 0 Å². The SMILES string of the molecule is CCCNC(=O)CNc1ccc(OC(C)C)cc1. The summed E-state index contributed by atoms with van der Waals surface area (Å²) in [5.74, 6) is 0.852. The Balaban J connectivity index is 2.37. The van der Waals surface area contributed by atoms with Gasteiger partial charge in [0.05, 0.1) is 12.6 Å². The molecule has 4 heteroatoms. The van der Waals surface area contributed by atoms with Crippen molar-refractivity contribution < 1.29 is 9.53 Å². The van der Waals surface area contributed by atoms with Crippen LogP contribution in [0.15, 0.2) is 24.3 Å². The highest BCUT2D eigenvalue weighted by atomic mass is 16.5. The van der Waals surface area contributed by atoms with Gasteiger partial charge < -0.3 is 15.4 Å². The van der Waals surface area contributed by atoms with Gasteiger partial charge in [0, 0.05) is 12.2 Å². The normalized spacial score (nSPS) is 10.2. The number of carbonyl (C=O) groups excluding carboxylic acids is 1. The second kappa shape index (κ2) is 7.58. The lowest BCUT2D eigenvalue weighted by molar-refractivity contribution is -0.119. The first kappa shape index (κ1) is 14.4. The Labute approximate surface area is 109 Å². The van der Waals surface area contributed by atoms with Crippen molar-refractivity contribution in [1.82, 2.24) is 5.32 Å². The van der Waals surface area contributed by atoms with Crippen molar-refractivity contribution in [3.63, 3.8) is 0 Å². The third-order valence-electron chi connectivity index (χ3n) is 2.25. The number of hydrogen-bond donors (Lipinski definition) is 2. The van der Waals surface area contributed by atoms with Crippen LogP contribution < -0.4 is 15.4 Å². The van der Waals surface area contributed by atoms with E-state index in [1.165, 1.54) is 0 Å². The number of hydrogen-bond acceptors (Lipinski definition) is 3. The Morgan fingerprint density at radius 2 is 1.94 bits per heavy atom. The van der Waals surface area contributed by atoms with Crippen LogP contribution in [-0.4, -0.2) is 25.1 Å². The summed E-state index contributed by atoms with van der Waals surface area (Å²) in [5, 5.41) is 5.88. The van der Waals surface area contributed by atoms with Gasteiger partial charge in [0.2, 0.25) is 5.91 Å². The monoisotopic (exact) mass is 250 g/mol. The fourth-order valence-corrected chi connectivity index (χ4v) is 1.43. The van der Waals surface area contributed by atoms with Gasteiger partial charge in [-0.15, -0.1) is 0 Å². The zero-order chi connectivity index (χ0) is 13.4. The van der Waals surface area contributed by atoms with Crippen LogP contribution in [0.4, 0.5) is 5.69 Å². The van der Waals surface area contributed by atoms with E-state index in [1.54, 1.807) is 0 Å². The van der Waals surface area contributed by atoms with Crippen LogP contribution in [0.2, 0.25) is 0 Å². The molecule has 0 aliphatic heterocycles. The molecule has 0 bridgehead atoms. The van der Waals surface area contributed by atoms with E-state index in [1.807, 2.05) is 45.0 Å². The predicted octanol–water partition coefficient (Wildman–Crippen LogP) is 2.41. The van der Waals surface area contributed by atoms with Crippen LogP contribution in [0.1, 0.15) is 27.2 Å². The van der Waals surface area contributed by atoms with Gasteiger partial charge in [0.1, 0.15) is 5.75 Å². The van der Waals surface area contributed by atoms with Crippen molar-refractivity contribution in [3.8, 4) is 5.75 Å². The van der Waals surface area contributed by atoms with Crippen molar-refractivity contribution in [3.05, 3.63) is 24.3 Å². The lowest BCUT2D eigenvalue weighted by Crippen LogP contribution is -2.30. The Kier molecular flexibility index (Phi) is 6.05. The minimum absolute atomic E-state index is 0.0133. The maximum absolute atomic E-state index is 11.4. The molecule has 4 nitrogen and oxygen atoms in total. The molecule has 0 aliphatic carbocycles. The van der Waals surface area contributed by atoms with E-state index < -0.39 is 0 Å². The van der Waals surface area contributed by atoms with Crippen LogP contribution in [-0.2, 0) is 4.79 Å². The third kappa shape index (κ3) is 5.57. The summed E-state index contributed by atoms with van der Waals surface area (Å²) in [6.07, 6.45) is 1.12. The Bertz CT molecular complexity index is 361. The number of ether oxygens (including phenoxy) is 1. The zero-order valence-electron chi connectivity index (χ0n) is 11.3. The van der Waals surface area contributed by atoms with Gasteiger partial charge in [-0.2, -0.15) is 0 Å². The first-order valence-corrected chi connectivity index (χ1v) is 6.39. The summed E-state index contributed by atoms with van der Waals surface area (Å²) >= 11 is 0. The third-order valence-corrected chi connectivity index (χ3v) is 2.25. The average molecular weight is 250 g/mol. The van der Waals surface area contributed by atoms with Crippen LogP contribution in [0.3, 0.4) is 0 Å². The molecule has 0 unspecified atom stereocenters. The fraction of sp³-hybridized carbons (Fsp3) is 0.500. The molecule has 0 saturated carbocycles. The molecule has 0 saturated heterocycles.